The number of hydrogen-bond donors (Lipinski definition) is 0. The molecule has 1 amide bonds. The van der Waals surface area contributed by atoms with E-state index in [1.807, 2.05) is 25.5 Å². The van der Waals surface area contributed by atoms with Crippen molar-refractivity contribution >= 4 is 17.3 Å². The Balaban J connectivity index is 1.97. The van der Waals surface area contributed by atoms with E-state index in [1.165, 1.54) is 0 Å². The molecule has 1 aliphatic rings. The second-order valence-electron chi connectivity index (χ2n) is 5.58. The van der Waals surface area contributed by atoms with E-state index in [0.717, 1.165) is 41.2 Å². The highest BCUT2D eigenvalue weighted by molar-refractivity contribution is 6.01. The fourth-order valence-electron chi connectivity index (χ4n) is 3.00. The SMILES string of the molecule is CCN(CC)c1cncc(-c2ccc3c(c2)CC(=O)N3C)c1. The van der Waals surface area contributed by atoms with Gasteiger partial charge in [-0.25, -0.2) is 0 Å². The molecule has 1 aromatic carbocycles. The zero-order valence-electron chi connectivity index (χ0n) is 13.3. The topological polar surface area (TPSA) is 36.4 Å². The smallest absolute Gasteiger partial charge is 0.231 e. The van der Waals surface area contributed by atoms with E-state index in [-0.39, 0.29) is 5.91 Å². The van der Waals surface area contributed by atoms with E-state index in [4.69, 9.17) is 0 Å². The number of fused-ring (bicyclic) bond motifs is 1. The van der Waals surface area contributed by atoms with E-state index < -0.39 is 0 Å². The van der Waals surface area contributed by atoms with Gasteiger partial charge in [-0.2, -0.15) is 0 Å². The lowest BCUT2D eigenvalue weighted by atomic mass is 10.0. The highest BCUT2D eigenvalue weighted by Crippen LogP contribution is 2.32. The monoisotopic (exact) mass is 295 g/mol. The zero-order chi connectivity index (χ0) is 15.7. The third kappa shape index (κ3) is 2.45. The minimum atomic E-state index is 0.155. The highest BCUT2D eigenvalue weighted by Gasteiger charge is 2.24. The van der Waals surface area contributed by atoms with Crippen molar-refractivity contribution in [3.63, 3.8) is 0 Å². The lowest BCUT2D eigenvalue weighted by Gasteiger charge is -2.21. The van der Waals surface area contributed by atoms with E-state index >= 15 is 0 Å². The predicted octanol–water partition coefficient (Wildman–Crippen LogP) is 3.11. The van der Waals surface area contributed by atoms with Crippen LogP contribution >= 0.6 is 0 Å². The molecule has 2 aromatic rings. The van der Waals surface area contributed by atoms with Gasteiger partial charge in [-0.05, 0) is 43.2 Å². The predicted molar refractivity (Wildman–Crippen MR) is 90.3 cm³/mol. The van der Waals surface area contributed by atoms with Crippen LogP contribution in [-0.2, 0) is 11.2 Å². The summed E-state index contributed by atoms with van der Waals surface area (Å²) >= 11 is 0. The second kappa shape index (κ2) is 5.79. The fourth-order valence-corrected chi connectivity index (χ4v) is 3.00. The van der Waals surface area contributed by atoms with Crippen LogP contribution in [0, 0.1) is 0 Å². The van der Waals surface area contributed by atoms with Crippen LogP contribution in [0.5, 0.6) is 0 Å². The van der Waals surface area contributed by atoms with E-state index in [1.54, 1.807) is 4.90 Å². The normalized spacial score (nSPS) is 13.4. The number of anilines is 2. The first-order valence-electron chi connectivity index (χ1n) is 7.74. The van der Waals surface area contributed by atoms with Gasteiger partial charge >= 0.3 is 0 Å². The average Bonchev–Trinajstić information content (AvgIpc) is 2.83. The first kappa shape index (κ1) is 14.6. The van der Waals surface area contributed by atoms with Crippen molar-refractivity contribution in [1.29, 1.82) is 0 Å². The van der Waals surface area contributed by atoms with Crippen molar-refractivity contribution in [3.8, 4) is 11.1 Å². The summed E-state index contributed by atoms with van der Waals surface area (Å²) in [5.41, 5.74) is 5.45. The molecule has 0 aliphatic carbocycles. The Morgan fingerprint density at radius 2 is 1.91 bits per heavy atom. The maximum Gasteiger partial charge on any atom is 0.231 e. The molecular weight excluding hydrogens is 274 g/mol. The average molecular weight is 295 g/mol. The van der Waals surface area contributed by atoms with Crippen molar-refractivity contribution in [2.75, 3.05) is 29.9 Å². The van der Waals surface area contributed by atoms with Gasteiger partial charge in [0.25, 0.3) is 0 Å². The third-order valence-corrected chi connectivity index (χ3v) is 4.34. The van der Waals surface area contributed by atoms with Gasteiger partial charge in [0.2, 0.25) is 5.91 Å². The molecule has 3 rings (SSSR count). The van der Waals surface area contributed by atoms with Crippen LogP contribution in [0.3, 0.4) is 0 Å². The number of aromatic nitrogens is 1. The maximum absolute atomic E-state index is 11.8. The molecule has 0 N–H and O–H groups in total. The first-order chi connectivity index (χ1) is 10.6. The third-order valence-electron chi connectivity index (χ3n) is 4.34. The number of likely N-dealkylation sites (N-methyl/N-ethyl adjacent to an activating group) is 1. The van der Waals surface area contributed by atoms with Gasteiger partial charge in [0.05, 0.1) is 18.3 Å². The summed E-state index contributed by atoms with van der Waals surface area (Å²) in [7, 11) is 1.83. The van der Waals surface area contributed by atoms with Gasteiger partial charge in [-0.15, -0.1) is 0 Å². The molecule has 0 bridgehead atoms. The molecule has 0 unspecified atom stereocenters. The minimum absolute atomic E-state index is 0.155. The molecule has 2 heterocycles. The van der Waals surface area contributed by atoms with Gasteiger partial charge in [-0.1, -0.05) is 6.07 Å². The summed E-state index contributed by atoms with van der Waals surface area (Å²) < 4.78 is 0. The Bertz CT molecular complexity index is 707. The Kier molecular flexibility index (Phi) is 3.84. The summed E-state index contributed by atoms with van der Waals surface area (Å²) in [6.45, 7) is 6.22. The van der Waals surface area contributed by atoms with Crippen LogP contribution in [0.15, 0.2) is 36.7 Å². The van der Waals surface area contributed by atoms with Crippen molar-refractivity contribution in [3.05, 3.63) is 42.2 Å². The maximum atomic E-state index is 11.8. The minimum Gasteiger partial charge on any atom is -0.371 e. The van der Waals surface area contributed by atoms with Crippen molar-refractivity contribution in [1.82, 2.24) is 4.98 Å². The molecule has 1 aromatic heterocycles. The zero-order valence-corrected chi connectivity index (χ0v) is 13.3. The summed E-state index contributed by atoms with van der Waals surface area (Å²) in [6, 6.07) is 8.37. The number of carbonyl (C=O) groups is 1. The number of carbonyl (C=O) groups excluding carboxylic acids is 1. The van der Waals surface area contributed by atoms with E-state index in [2.05, 4.69) is 41.9 Å². The Morgan fingerprint density at radius 1 is 1.14 bits per heavy atom. The summed E-state index contributed by atoms with van der Waals surface area (Å²) in [5, 5.41) is 0. The molecule has 4 nitrogen and oxygen atoms in total. The van der Waals surface area contributed by atoms with Crippen LogP contribution < -0.4 is 9.80 Å². The molecule has 4 heteroatoms. The molecule has 0 saturated heterocycles. The Labute approximate surface area is 131 Å². The van der Waals surface area contributed by atoms with Crippen LogP contribution in [0.25, 0.3) is 11.1 Å². The summed E-state index contributed by atoms with van der Waals surface area (Å²) in [4.78, 5) is 20.2. The quantitative estimate of drug-likeness (QED) is 0.869. The van der Waals surface area contributed by atoms with Crippen LogP contribution in [0.4, 0.5) is 11.4 Å². The van der Waals surface area contributed by atoms with Gasteiger partial charge in [0.1, 0.15) is 0 Å². The lowest BCUT2D eigenvalue weighted by Crippen LogP contribution is -2.21. The number of benzene rings is 1. The second-order valence-corrected chi connectivity index (χ2v) is 5.58. The molecule has 0 fully saturated rings. The largest absolute Gasteiger partial charge is 0.371 e. The van der Waals surface area contributed by atoms with Crippen LogP contribution in [0.2, 0.25) is 0 Å². The van der Waals surface area contributed by atoms with Crippen molar-refractivity contribution < 1.29 is 4.79 Å². The fraction of sp³-hybridized carbons (Fsp3) is 0.333. The molecule has 0 radical (unpaired) electrons. The lowest BCUT2D eigenvalue weighted by molar-refractivity contribution is -0.117. The van der Waals surface area contributed by atoms with Crippen LogP contribution in [0.1, 0.15) is 19.4 Å². The van der Waals surface area contributed by atoms with E-state index in [9.17, 15) is 4.79 Å². The van der Waals surface area contributed by atoms with E-state index in [0.29, 0.717) is 6.42 Å². The molecule has 0 spiro atoms. The molecule has 114 valence electrons. The van der Waals surface area contributed by atoms with Crippen molar-refractivity contribution in [2.24, 2.45) is 0 Å². The number of pyridine rings is 1. The standard InChI is InChI=1S/C18H21N3O/c1-4-21(5-2)16-9-15(11-19-12-16)13-6-7-17-14(8-13)10-18(22)20(17)3/h6-9,11-12H,4-5,10H2,1-3H3. The summed E-state index contributed by atoms with van der Waals surface area (Å²) in [6.07, 6.45) is 4.28. The highest BCUT2D eigenvalue weighted by atomic mass is 16.2. The van der Waals surface area contributed by atoms with Crippen molar-refractivity contribution in [2.45, 2.75) is 20.3 Å². The Morgan fingerprint density at radius 3 is 2.64 bits per heavy atom. The number of rotatable bonds is 4. The molecule has 22 heavy (non-hydrogen) atoms. The summed E-state index contributed by atoms with van der Waals surface area (Å²) in [5.74, 6) is 0.155. The number of hydrogen-bond acceptors (Lipinski definition) is 3. The molecule has 0 saturated carbocycles. The van der Waals surface area contributed by atoms with Crippen LogP contribution in [-0.4, -0.2) is 31.0 Å². The first-order valence-corrected chi connectivity index (χ1v) is 7.74. The van der Waals surface area contributed by atoms with Gasteiger partial charge in [0, 0.05) is 37.6 Å². The van der Waals surface area contributed by atoms with Gasteiger partial charge in [-0.3, -0.25) is 9.78 Å². The number of amides is 1. The molecule has 1 aliphatic heterocycles. The molecular formula is C18H21N3O. The van der Waals surface area contributed by atoms with Gasteiger partial charge < -0.3 is 9.80 Å². The number of nitrogens with zero attached hydrogens (tertiary/aromatic N) is 3. The van der Waals surface area contributed by atoms with Gasteiger partial charge in [0.15, 0.2) is 0 Å². The molecule has 0 atom stereocenters. The Hall–Kier alpha value is -2.36.